The molecule has 1 heterocycles. The second-order valence-corrected chi connectivity index (χ2v) is 6.14. The molecule has 21 heavy (non-hydrogen) atoms. The first-order valence-corrected chi connectivity index (χ1v) is 7.42. The molecule has 0 aromatic carbocycles. The van der Waals surface area contributed by atoms with E-state index in [4.69, 9.17) is 15.6 Å². The normalized spacial score (nSPS) is 11.0. The molecule has 0 atom stereocenters. The van der Waals surface area contributed by atoms with Gasteiger partial charge in [0.2, 0.25) is 10.0 Å². The molecule has 0 saturated heterocycles. The van der Waals surface area contributed by atoms with Crippen LogP contribution in [0.2, 0.25) is 0 Å². The van der Waals surface area contributed by atoms with Crippen LogP contribution in [0.25, 0.3) is 0 Å². The van der Waals surface area contributed by atoms with Gasteiger partial charge >= 0.3 is 5.97 Å². The second kappa shape index (κ2) is 6.88. The van der Waals surface area contributed by atoms with Gasteiger partial charge in [0.25, 0.3) is 0 Å². The summed E-state index contributed by atoms with van der Waals surface area (Å²) < 4.78 is 27.1. The Labute approximate surface area is 122 Å². The van der Waals surface area contributed by atoms with Crippen LogP contribution in [0.5, 0.6) is 0 Å². The minimum absolute atomic E-state index is 0.0106. The fourth-order valence-electron chi connectivity index (χ4n) is 1.74. The SMILES string of the molecule is Cn1cc(S(=O)(=O)N(CCC#N)CCC#N)cc1C(=O)O. The van der Waals surface area contributed by atoms with E-state index in [1.54, 1.807) is 0 Å². The van der Waals surface area contributed by atoms with E-state index in [0.29, 0.717) is 0 Å². The third-order valence-corrected chi connectivity index (χ3v) is 4.65. The van der Waals surface area contributed by atoms with E-state index in [9.17, 15) is 13.2 Å². The summed E-state index contributed by atoms with van der Waals surface area (Å²) in [4.78, 5) is 10.8. The van der Waals surface area contributed by atoms with E-state index in [1.807, 2.05) is 12.1 Å². The first-order chi connectivity index (χ1) is 9.84. The third kappa shape index (κ3) is 3.81. The molecule has 112 valence electrons. The number of carboxylic acid groups (broad SMARTS) is 1. The molecule has 8 nitrogen and oxygen atoms in total. The Kier molecular flexibility index (Phi) is 5.47. The number of aromatic nitrogens is 1. The van der Waals surface area contributed by atoms with Gasteiger partial charge in [-0.05, 0) is 6.07 Å². The van der Waals surface area contributed by atoms with Gasteiger partial charge in [0.05, 0.1) is 12.1 Å². The van der Waals surface area contributed by atoms with Crippen LogP contribution in [-0.4, -0.2) is 41.5 Å². The van der Waals surface area contributed by atoms with Crippen molar-refractivity contribution in [3.63, 3.8) is 0 Å². The van der Waals surface area contributed by atoms with Gasteiger partial charge < -0.3 is 9.67 Å². The van der Waals surface area contributed by atoms with Crippen LogP contribution in [-0.2, 0) is 17.1 Å². The quantitative estimate of drug-likeness (QED) is 0.783. The number of aromatic carboxylic acids is 1. The number of carboxylic acids is 1. The highest BCUT2D eigenvalue weighted by Gasteiger charge is 2.26. The van der Waals surface area contributed by atoms with E-state index in [2.05, 4.69) is 0 Å². The van der Waals surface area contributed by atoms with E-state index in [-0.39, 0.29) is 36.5 Å². The van der Waals surface area contributed by atoms with Crippen LogP contribution in [0, 0.1) is 22.7 Å². The molecule has 0 radical (unpaired) electrons. The van der Waals surface area contributed by atoms with Crippen LogP contribution in [0.1, 0.15) is 23.3 Å². The lowest BCUT2D eigenvalue weighted by atomic mass is 10.4. The first kappa shape index (κ1) is 16.7. The van der Waals surface area contributed by atoms with Gasteiger partial charge in [-0.1, -0.05) is 0 Å². The fourth-order valence-corrected chi connectivity index (χ4v) is 3.25. The van der Waals surface area contributed by atoms with E-state index in [1.165, 1.54) is 17.8 Å². The number of rotatable bonds is 7. The molecule has 1 aromatic heterocycles. The molecule has 1 rings (SSSR count). The smallest absolute Gasteiger partial charge is 0.352 e. The zero-order valence-corrected chi connectivity index (χ0v) is 12.2. The summed E-state index contributed by atoms with van der Waals surface area (Å²) in [6.07, 6.45) is 1.18. The average Bonchev–Trinajstić information content (AvgIpc) is 2.81. The Balaban J connectivity index is 3.16. The highest BCUT2D eigenvalue weighted by molar-refractivity contribution is 7.89. The summed E-state index contributed by atoms with van der Waals surface area (Å²) in [5.74, 6) is -1.24. The topological polar surface area (TPSA) is 127 Å². The molecule has 0 bridgehead atoms. The van der Waals surface area contributed by atoms with E-state index < -0.39 is 16.0 Å². The summed E-state index contributed by atoms with van der Waals surface area (Å²) in [5, 5.41) is 26.1. The number of carbonyl (C=O) groups is 1. The molecule has 0 aliphatic rings. The summed E-state index contributed by atoms with van der Waals surface area (Å²) in [6.45, 7) is -0.0877. The molecule has 0 aliphatic carbocycles. The minimum atomic E-state index is -3.93. The van der Waals surface area contributed by atoms with Crippen molar-refractivity contribution in [2.75, 3.05) is 13.1 Å². The van der Waals surface area contributed by atoms with Gasteiger partial charge in [0.1, 0.15) is 10.6 Å². The third-order valence-electron chi connectivity index (χ3n) is 2.78. The number of aryl methyl sites for hydroxylation is 1. The van der Waals surface area contributed by atoms with Gasteiger partial charge in [0.15, 0.2) is 0 Å². The van der Waals surface area contributed by atoms with Crippen LogP contribution < -0.4 is 0 Å². The maximum atomic E-state index is 12.4. The van der Waals surface area contributed by atoms with Crippen molar-refractivity contribution >= 4 is 16.0 Å². The largest absolute Gasteiger partial charge is 0.477 e. The van der Waals surface area contributed by atoms with Crippen molar-refractivity contribution in [3.8, 4) is 12.1 Å². The average molecular weight is 310 g/mol. The molecule has 0 amide bonds. The van der Waals surface area contributed by atoms with Crippen molar-refractivity contribution < 1.29 is 18.3 Å². The van der Waals surface area contributed by atoms with Crippen LogP contribution in [0.4, 0.5) is 0 Å². The summed E-state index contributed by atoms with van der Waals surface area (Å²) >= 11 is 0. The molecular weight excluding hydrogens is 296 g/mol. The van der Waals surface area contributed by atoms with E-state index in [0.717, 1.165) is 10.4 Å². The highest BCUT2D eigenvalue weighted by Crippen LogP contribution is 2.19. The van der Waals surface area contributed by atoms with Crippen LogP contribution >= 0.6 is 0 Å². The molecular formula is C12H14N4O4S. The van der Waals surface area contributed by atoms with E-state index >= 15 is 0 Å². The standard InChI is InChI=1S/C12H14N4O4S/c1-15-9-10(8-11(15)12(17)18)21(19,20)16(6-2-4-13)7-3-5-14/h8-9H,2-3,6-7H2,1H3,(H,17,18). The molecule has 0 saturated carbocycles. The Morgan fingerprint density at radius 1 is 1.33 bits per heavy atom. The zero-order chi connectivity index (χ0) is 16.0. The number of hydrogen-bond acceptors (Lipinski definition) is 5. The monoisotopic (exact) mass is 310 g/mol. The molecule has 1 N–H and O–H groups in total. The zero-order valence-electron chi connectivity index (χ0n) is 11.4. The maximum Gasteiger partial charge on any atom is 0.352 e. The Hall–Kier alpha value is -2.36. The highest BCUT2D eigenvalue weighted by atomic mass is 32.2. The van der Waals surface area contributed by atoms with Crippen molar-refractivity contribution in [1.82, 2.24) is 8.87 Å². The lowest BCUT2D eigenvalue weighted by Gasteiger charge is -2.18. The predicted octanol–water partition coefficient (Wildman–Crippen LogP) is 0.541. The van der Waals surface area contributed by atoms with Gasteiger partial charge in [-0.2, -0.15) is 14.8 Å². The van der Waals surface area contributed by atoms with Crippen molar-refractivity contribution in [3.05, 3.63) is 18.0 Å². The number of nitrogens with zero attached hydrogens (tertiary/aromatic N) is 4. The Morgan fingerprint density at radius 2 is 1.86 bits per heavy atom. The molecule has 9 heteroatoms. The first-order valence-electron chi connectivity index (χ1n) is 5.98. The number of nitriles is 2. The van der Waals surface area contributed by atoms with Crippen LogP contribution in [0.3, 0.4) is 0 Å². The minimum Gasteiger partial charge on any atom is -0.477 e. The van der Waals surface area contributed by atoms with Crippen molar-refractivity contribution in [2.24, 2.45) is 7.05 Å². The lowest BCUT2D eigenvalue weighted by Crippen LogP contribution is -2.32. The van der Waals surface area contributed by atoms with Gasteiger partial charge in [0, 0.05) is 39.2 Å². The Bertz CT molecular complexity index is 691. The van der Waals surface area contributed by atoms with Gasteiger partial charge in [-0.3, -0.25) is 0 Å². The molecule has 0 fully saturated rings. The van der Waals surface area contributed by atoms with Crippen molar-refractivity contribution in [2.45, 2.75) is 17.7 Å². The number of hydrogen-bond donors (Lipinski definition) is 1. The molecule has 1 aromatic rings. The second-order valence-electron chi connectivity index (χ2n) is 4.20. The predicted molar refractivity (Wildman–Crippen MR) is 71.6 cm³/mol. The summed E-state index contributed by atoms with van der Waals surface area (Å²) in [6, 6.07) is 4.75. The summed E-state index contributed by atoms with van der Waals surface area (Å²) in [7, 11) is -2.51. The lowest BCUT2D eigenvalue weighted by molar-refractivity contribution is 0.0686. The van der Waals surface area contributed by atoms with Gasteiger partial charge in [-0.15, -0.1) is 0 Å². The molecule has 0 aliphatic heterocycles. The van der Waals surface area contributed by atoms with Gasteiger partial charge in [-0.25, -0.2) is 13.2 Å². The summed E-state index contributed by atoms with van der Waals surface area (Å²) in [5.41, 5.74) is -0.158. The Morgan fingerprint density at radius 3 is 2.24 bits per heavy atom. The fraction of sp³-hybridized carbons (Fsp3) is 0.417. The van der Waals surface area contributed by atoms with Crippen molar-refractivity contribution in [1.29, 1.82) is 10.5 Å². The van der Waals surface area contributed by atoms with Crippen LogP contribution in [0.15, 0.2) is 17.2 Å². The number of sulfonamides is 1. The maximum absolute atomic E-state index is 12.4. The molecule has 0 unspecified atom stereocenters. The molecule has 0 spiro atoms.